The van der Waals surface area contributed by atoms with Crippen LogP contribution in [-0.4, -0.2) is 183 Å². The lowest BCUT2D eigenvalue weighted by atomic mass is 9.96. The lowest BCUT2D eigenvalue weighted by Crippen LogP contribution is -2.45. The Kier molecular flexibility index (Phi) is 19.7. The molecule has 0 unspecified atom stereocenters. The highest BCUT2D eigenvalue weighted by atomic mass is 28.4. The van der Waals surface area contributed by atoms with Crippen molar-refractivity contribution < 1.29 is 71.3 Å². The number of hydrogen-bond donors (Lipinski definition) is 4. The number of hydrogen-bond acceptors (Lipinski definition) is 15. The summed E-state index contributed by atoms with van der Waals surface area (Å²) in [5.74, 6) is 1.00. The molecule has 2 saturated heterocycles. The van der Waals surface area contributed by atoms with Crippen LogP contribution in [0.5, 0.6) is 23.3 Å². The van der Waals surface area contributed by atoms with E-state index in [0.29, 0.717) is 128 Å². The molecule has 12 rings (SSSR count). The number of amides is 2. The van der Waals surface area contributed by atoms with Gasteiger partial charge in [0.25, 0.3) is 0 Å². The fourth-order valence-corrected chi connectivity index (χ4v) is 14.6. The molecule has 0 radical (unpaired) electrons. The van der Waals surface area contributed by atoms with Gasteiger partial charge in [0.05, 0.1) is 73.9 Å². The van der Waals surface area contributed by atoms with Crippen molar-refractivity contribution in [3.05, 3.63) is 95.6 Å². The first-order valence-electron chi connectivity index (χ1n) is 31.9. The number of aliphatic hydroxyl groups is 3. The van der Waals surface area contributed by atoms with Crippen LogP contribution in [0.3, 0.4) is 0 Å². The van der Waals surface area contributed by atoms with E-state index in [2.05, 4.69) is 69.6 Å². The van der Waals surface area contributed by atoms with E-state index < -0.39 is 46.8 Å². The molecule has 4 N–H and O–H groups in total. The highest BCUT2D eigenvalue weighted by Gasteiger charge is 2.48. The molecule has 4 aliphatic heterocycles. The lowest BCUT2D eigenvalue weighted by molar-refractivity contribution is -0.134. The first kappa shape index (κ1) is 65.9. The topological polar surface area (TPSA) is 222 Å². The van der Waals surface area contributed by atoms with Crippen molar-refractivity contribution >= 4 is 61.4 Å². The van der Waals surface area contributed by atoms with E-state index in [9.17, 15) is 19.8 Å². The minimum absolute atomic E-state index is 0.00798. The normalized spacial score (nSPS) is 23.4. The van der Waals surface area contributed by atoms with E-state index in [-0.39, 0.29) is 77.8 Å². The standard InChI is InChI=1S/C40H58FN3O7Si2.C28H30FN3O6/c1-40(2,3)53(8,9)50-24-36(46)43-16-14-26(15-17-43)27-10-11-28(34(20-27)47-4)38-30(41)21-32-31(42-38)22-37(44(32)25-48-18-19-52(5,6)7)51-35-23-49-39-29(35)12-13-33(39)45;1-36-23-10-16(15-6-8-32(9-7-15)26(35)13-33)2-3-17(23)27-19(29)11-20-21(31-27)12-25(30-20)38-24-14-37-28-18(24)4-5-22(28)34/h10-11,14,20-22,29,33,35,39,45H,12-13,15-19,23-25H2,1-9H3;2-3,6,10-12,18,22,24,28,30,33-34H,4-5,7-9,13-14H2,1H3/t29-,33-,35-,39+;18-,22-,24-,28+/m11/s1. The van der Waals surface area contributed by atoms with Crippen LogP contribution in [0.25, 0.3) is 55.7 Å². The first-order chi connectivity index (χ1) is 43.4. The van der Waals surface area contributed by atoms with Crippen LogP contribution in [-0.2, 0) is 35.0 Å². The largest absolute Gasteiger partial charge is 0.496 e. The summed E-state index contributed by atoms with van der Waals surface area (Å²) in [7, 11) is -0.219. The zero-order valence-electron chi connectivity index (χ0n) is 54.0. The molecule has 2 aromatic carbocycles. The summed E-state index contributed by atoms with van der Waals surface area (Å²) in [5, 5.41) is 29.6. The number of methoxy groups -OCH3 is 2. The van der Waals surface area contributed by atoms with Gasteiger partial charge < -0.3 is 67.7 Å². The number of pyridine rings is 2. The van der Waals surface area contributed by atoms with Gasteiger partial charge in [-0.05, 0) is 109 Å². The predicted molar refractivity (Wildman–Crippen MR) is 348 cm³/mol. The number of H-pyrrole nitrogens is 1. The molecule has 0 bridgehead atoms. The van der Waals surface area contributed by atoms with Gasteiger partial charge in [-0.2, -0.15) is 0 Å². The van der Waals surface area contributed by atoms with E-state index in [1.165, 1.54) is 19.2 Å². The molecule has 2 aliphatic carbocycles. The summed E-state index contributed by atoms with van der Waals surface area (Å²) in [6.45, 7) is 21.0. The maximum Gasteiger partial charge on any atom is 0.248 e. The molecule has 19 nitrogen and oxygen atoms in total. The molecular weight excluding hydrogens is 1200 g/mol. The zero-order valence-corrected chi connectivity index (χ0v) is 56.0. The fraction of sp³-hybridized carbons (Fsp3) is 0.529. The third-order valence-electron chi connectivity index (χ3n) is 19.4. The Morgan fingerprint density at radius 3 is 1.79 bits per heavy atom. The molecule has 4 fully saturated rings. The molecule has 4 aromatic heterocycles. The van der Waals surface area contributed by atoms with Gasteiger partial charge in [0.15, 0.2) is 31.7 Å². The van der Waals surface area contributed by atoms with Crippen molar-refractivity contribution in [3.63, 3.8) is 0 Å². The van der Waals surface area contributed by atoms with E-state index in [1.54, 1.807) is 24.1 Å². The molecule has 2 saturated carbocycles. The SMILES string of the molecule is COc1cc(C2=CCN(C(=O)CO)CC2)ccc1-c1nc2cc(O[C@@H]3CO[C@H]4[C@@H]3CC[C@H]4O)[nH]c2cc1F.COc1cc(C2=CCN(C(=O)CO[Si](C)(C)C(C)(C)C)CC2)ccc1-c1nc2cc(O[C@@H]3CO[C@H]4[C@@H]3CC[C@H]4O)n(COCC[Si](C)(C)C)c2cc1F. The van der Waals surface area contributed by atoms with E-state index in [4.69, 9.17) is 47.7 Å². The van der Waals surface area contributed by atoms with Crippen molar-refractivity contribution in [1.82, 2.24) is 29.3 Å². The molecule has 6 aromatic rings. The molecule has 8 heterocycles. The van der Waals surface area contributed by atoms with Gasteiger partial charge in [-0.15, -0.1) is 0 Å². The number of ether oxygens (including phenoxy) is 7. The fourth-order valence-electron chi connectivity index (χ4n) is 12.9. The zero-order chi connectivity index (χ0) is 64.7. The second-order valence-electron chi connectivity index (χ2n) is 27.6. The van der Waals surface area contributed by atoms with Gasteiger partial charge in [0, 0.05) is 88.1 Å². The maximum absolute atomic E-state index is 16.1. The van der Waals surface area contributed by atoms with Gasteiger partial charge in [0.2, 0.25) is 11.8 Å². The van der Waals surface area contributed by atoms with Gasteiger partial charge in [-0.1, -0.05) is 64.7 Å². The van der Waals surface area contributed by atoms with Crippen molar-refractivity contribution in [2.45, 2.75) is 146 Å². The summed E-state index contributed by atoms with van der Waals surface area (Å²) in [5.41, 5.74) is 7.72. The maximum atomic E-state index is 16.1. The quantitative estimate of drug-likeness (QED) is 0.0438. The Labute approximate surface area is 532 Å². The highest BCUT2D eigenvalue weighted by molar-refractivity contribution is 6.76. The molecule has 91 heavy (non-hydrogen) atoms. The van der Waals surface area contributed by atoms with Gasteiger partial charge in [0.1, 0.15) is 55.0 Å². The molecule has 0 spiro atoms. The van der Waals surface area contributed by atoms with Crippen molar-refractivity contribution in [2.24, 2.45) is 11.8 Å². The molecule has 490 valence electrons. The van der Waals surface area contributed by atoms with Crippen LogP contribution in [0.4, 0.5) is 8.78 Å². The Hall–Kier alpha value is -6.55. The monoisotopic (exact) mass is 1290 g/mol. The number of fused-ring (bicyclic) bond motifs is 4. The number of carbonyl (C=O) groups excluding carboxylic acids is 2. The number of carbonyl (C=O) groups is 2. The van der Waals surface area contributed by atoms with Crippen molar-refractivity contribution in [1.29, 1.82) is 0 Å². The third-order valence-corrected chi connectivity index (χ3v) is 25.6. The number of aliphatic hydroxyl groups excluding tert-OH is 3. The summed E-state index contributed by atoms with van der Waals surface area (Å²) < 4.78 is 81.4. The number of aromatic amines is 1. The average Bonchev–Trinajstić information content (AvgIpc) is 1.74. The number of rotatable bonds is 19. The Balaban J connectivity index is 0.000000197. The number of aromatic nitrogens is 4. The molecule has 2 amide bonds. The van der Waals surface area contributed by atoms with Crippen LogP contribution in [0, 0.1) is 23.5 Å². The average molecular weight is 1290 g/mol. The van der Waals surface area contributed by atoms with Crippen LogP contribution >= 0.6 is 0 Å². The number of nitrogens with one attached hydrogen (secondary N) is 1. The van der Waals surface area contributed by atoms with Crippen LogP contribution in [0.1, 0.15) is 70.4 Å². The Morgan fingerprint density at radius 2 is 1.26 bits per heavy atom. The third kappa shape index (κ3) is 14.3. The summed E-state index contributed by atoms with van der Waals surface area (Å²) in [4.78, 5) is 40.7. The minimum Gasteiger partial charge on any atom is -0.496 e. The van der Waals surface area contributed by atoms with E-state index in [1.807, 2.05) is 51.9 Å². The summed E-state index contributed by atoms with van der Waals surface area (Å²) in [6.07, 6.45) is 6.71. The van der Waals surface area contributed by atoms with Crippen molar-refractivity contribution in [3.8, 4) is 45.8 Å². The summed E-state index contributed by atoms with van der Waals surface area (Å²) in [6, 6.07) is 18.8. The van der Waals surface area contributed by atoms with Crippen molar-refractivity contribution in [2.75, 3.05) is 73.4 Å². The first-order valence-corrected chi connectivity index (χ1v) is 38.5. The lowest BCUT2D eigenvalue weighted by Gasteiger charge is -2.36. The Bertz CT molecular complexity index is 3710. The van der Waals surface area contributed by atoms with Crippen LogP contribution in [0.15, 0.2) is 72.8 Å². The Morgan fingerprint density at radius 1 is 0.714 bits per heavy atom. The van der Waals surface area contributed by atoms with Gasteiger partial charge in [-0.25, -0.2) is 18.7 Å². The minimum atomic E-state index is -2.02. The van der Waals surface area contributed by atoms with E-state index in [0.717, 1.165) is 41.2 Å². The highest BCUT2D eigenvalue weighted by Crippen LogP contribution is 2.43. The molecule has 23 heteroatoms. The van der Waals surface area contributed by atoms with Crippen LogP contribution < -0.4 is 18.9 Å². The van der Waals surface area contributed by atoms with Gasteiger partial charge >= 0.3 is 0 Å². The number of benzene rings is 2. The van der Waals surface area contributed by atoms with E-state index >= 15 is 8.78 Å². The summed E-state index contributed by atoms with van der Waals surface area (Å²) >= 11 is 0. The second-order valence-corrected chi connectivity index (χ2v) is 38.0. The number of halogens is 2. The predicted octanol–water partition coefficient (Wildman–Crippen LogP) is 10.6. The molecule has 8 atom stereocenters. The molecular formula is C68H88F2N6O13Si2. The number of nitrogens with zero attached hydrogens (tertiary/aromatic N) is 5. The van der Waals surface area contributed by atoms with Crippen LogP contribution in [0.2, 0.25) is 43.8 Å². The van der Waals surface area contributed by atoms with Gasteiger partial charge in [-0.3, -0.25) is 14.2 Å². The second kappa shape index (κ2) is 27.2. The molecule has 6 aliphatic rings. The smallest absolute Gasteiger partial charge is 0.248 e.